The maximum absolute atomic E-state index is 12.0. The highest BCUT2D eigenvalue weighted by atomic mass is 16.5. The SMILES string of the molecule is CCOc1ccc(C(=O)OCC(=O)Nc2ccc(Oc3ccccc3)cc2)cc1. The van der Waals surface area contributed by atoms with Gasteiger partial charge in [-0.3, -0.25) is 4.79 Å². The molecule has 0 aliphatic rings. The first-order valence-electron chi connectivity index (χ1n) is 9.17. The number of rotatable bonds is 8. The molecule has 0 unspecified atom stereocenters. The van der Waals surface area contributed by atoms with Crippen LogP contribution in [-0.2, 0) is 9.53 Å². The van der Waals surface area contributed by atoms with Crippen molar-refractivity contribution in [1.29, 1.82) is 0 Å². The highest BCUT2D eigenvalue weighted by molar-refractivity contribution is 5.95. The third kappa shape index (κ3) is 6.10. The summed E-state index contributed by atoms with van der Waals surface area (Å²) >= 11 is 0. The monoisotopic (exact) mass is 391 g/mol. The molecular weight excluding hydrogens is 370 g/mol. The molecule has 0 aliphatic heterocycles. The Morgan fingerprint density at radius 3 is 2.07 bits per heavy atom. The van der Waals surface area contributed by atoms with Crippen molar-refractivity contribution in [3.63, 3.8) is 0 Å². The molecule has 1 amide bonds. The van der Waals surface area contributed by atoms with E-state index in [1.54, 1.807) is 48.5 Å². The average Bonchev–Trinajstić information content (AvgIpc) is 2.75. The summed E-state index contributed by atoms with van der Waals surface area (Å²) in [5.41, 5.74) is 0.927. The van der Waals surface area contributed by atoms with Crippen LogP contribution in [-0.4, -0.2) is 25.1 Å². The number of nitrogens with one attached hydrogen (secondary N) is 1. The topological polar surface area (TPSA) is 73.9 Å². The van der Waals surface area contributed by atoms with Crippen LogP contribution < -0.4 is 14.8 Å². The molecule has 0 spiro atoms. The standard InChI is InChI=1S/C23H21NO5/c1-2-27-19-12-8-17(9-13-19)23(26)28-16-22(25)24-18-10-14-21(15-11-18)29-20-6-4-3-5-7-20/h3-15H,2,16H2,1H3,(H,24,25). The Morgan fingerprint density at radius 1 is 0.793 bits per heavy atom. The van der Waals surface area contributed by atoms with Gasteiger partial charge in [-0.1, -0.05) is 18.2 Å². The molecule has 3 rings (SSSR count). The summed E-state index contributed by atoms with van der Waals surface area (Å²) in [5.74, 6) is 1.04. The van der Waals surface area contributed by atoms with Crippen LogP contribution in [0.15, 0.2) is 78.9 Å². The Morgan fingerprint density at radius 2 is 1.41 bits per heavy atom. The molecule has 0 aliphatic carbocycles. The predicted molar refractivity (Wildman–Crippen MR) is 109 cm³/mol. The molecule has 148 valence electrons. The summed E-state index contributed by atoms with van der Waals surface area (Å²) in [6, 6.07) is 22.9. The minimum Gasteiger partial charge on any atom is -0.494 e. The summed E-state index contributed by atoms with van der Waals surface area (Å²) in [6.45, 7) is 2.04. The zero-order valence-electron chi connectivity index (χ0n) is 16.0. The Kier molecular flexibility index (Phi) is 6.84. The van der Waals surface area contributed by atoms with Crippen molar-refractivity contribution < 1.29 is 23.8 Å². The smallest absolute Gasteiger partial charge is 0.338 e. The maximum atomic E-state index is 12.0. The Hall–Kier alpha value is -3.80. The molecule has 0 saturated heterocycles. The third-order valence-corrected chi connectivity index (χ3v) is 3.85. The second kappa shape index (κ2) is 9.94. The summed E-state index contributed by atoms with van der Waals surface area (Å²) in [7, 11) is 0. The molecule has 6 nitrogen and oxygen atoms in total. The first-order valence-corrected chi connectivity index (χ1v) is 9.17. The highest BCUT2D eigenvalue weighted by Gasteiger charge is 2.11. The van der Waals surface area contributed by atoms with Crippen molar-refractivity contribution in [3.05, 3.63) is 84.4 Å². The van der Waals surface area contributed by atoms with Gasteiger partial charge in [0.15, 0.2) is 6.61 Å². The summed E-state index contributed by atoms with van der Waals surface area (Å²) < 4.78 is 16.1. The maximum Gasteiger partial charge on any atom is 0.338 e. The van der Waals surface area contributed by atoms with Gasteiger partial charge >= 0.3 is 5.97 Å². The molecule has 0 saturated carbocycles. The van der Waals surface area contributed by atoms with Gasteiger partial charge in [-0.15, -0.1) is 0 Å². The van der Waals surface area contributed by atoms with E-state index < -0.39 is 11.9 Å². The van der Waals surface area contributed by atoms with Gasteiger partial charge in [0, 0.05) is 5.69 Å². The highest BCUT2D eigenvalue weighted by Crippen LogP contribution is 2.22. The molecule has 0 aromatic heterocycles. The number of hydrogen-bond donors (Lipinski definition) is 1. The summed E-state index contributed by atoms with van der Waals surface area (Å²) in [4.78, 5) is 24.1. The third-order valence-electron chi connectivity index (χ3n) is 3.85. The van der Waals surface area contributed by atoms with Crippen LogP contribution in [0.5, 0.6) is 17.2 Å². The van der Waals surface area contributed by atoms with E-state index in [2.05, 4.69) is 5.32 Å². The molecule has 6 heteroatoms. The van der Waals surface area contributed by atoms with Crippen LogP contribution >= 0.6 is 0 Å². The first kappa shape index (κ1) is 19.9. The molecule has 29 heavy (non-hydrogen) atoms. The molecule has 1 N–H and O–H groups in total. The second-order valence-electron chi connectivity index (χ2n) is 6.02. The molecule has 0 bridgehead atoms. The molecule has 3 aromatic carbocycles. The normalized spacial score (nSPS) is 10.1. The van der Waals surface area contributed by atoms with Crippen LogP contribution in [0.3, 0.4) is 0 Å². The van der Waals surface area contributed by atoms with Gasteiger partial charge in [-0.25, -0.2) is 4.79 Å². The van der Waals surface area contributed by atoms with Crippen molar-refractivity contribution in [3.8, 4) is 17.2 Å². The number of para-hydroxylation sites is 1. The lowest BCUT2D eigenvalue weighted by Crippen LogP contribution is -2.20. The van der Waals surface area contributed by atoms with Crippen LogP contribution in [0.4, 0.5) is 5.69 Å². The van der Waals surface area contributed by atoms with E-state index in [-0.39, 0.29) is 6.61 Å². The van der Waals surface area contributed by atoms with E-state index in [0.717, 1.165) is 5.75 Å². The molecule has 3 aromatic rings. The lowest BCUT2D eigenvalue weighted by atomic mass is 10.2. The first-order chi connectivity index (χ1) is 14.1. The van der Waals surface area contributed by atoms with Gasteiger partial charge < -0.3 is 19.5 Å². The van der Waals surface area contributed by atoms with Crippen LogP contribution in [0.2, 0.25) is 0 Å². The van der Waals surface area contributed by atoms with Gasteiger partial charge in [0.1, 0.15) is 17.2 Å². The van der Waals surface area contributed by atoms with Gasteiger partial charge in [-0.2, -0.15) is 0 Å². The summed E-state index contributed by atoms with van der Waals surface area (Å²) in [5, 5.41) is 2.67. The Bertz CT molecular complexity index is 937. The number of anilines is 1. The number of benzene rings is 3. The average molecular weight is 391 g/mol. The number of ether oxygens (including phenoxy) is 3. The lowest BCUT2D eigenvalue weighted by molar-refractivity contribution is -0.119. The fourth-order valence-electron chi connectivity index (χ4n) is 2.50. The second-order valence-corrected chi connectivity index (χ2v) is 6.02. The molecule has 0 atom stereocenters. The van der Waals surface area contributed by atoms with Crippen molar-refractivity contribution >= 4 is 17.6 Å². The van der Waals surface area contributed by atoms with Gasteiger partial charge in [0.05, 0.1) is 12.2 Å². The fourth-order valence-corrected chi connectivity index (χ4v) is 2.50. The van der Waals surface area contributed by atoms with Crippen molar-refractivity contribution in [2.24, 2.45) is 0 Å². The lowest BCUT2D eigenvalue weighted by Gasteiger charge is -2.09. The zero-order chi connectivity index (χ0) is 20.5. The van der Waals surface area contributed by atoms with E-state index in [1.807, 2.05) is 37.3 Å². The van der Waals surface area contributed by atoms with Gasteiger partial charge in [0.2, 0.25) is 0 Å². The molecule has 0 fully saturated rings. The number of esters is 1. The zero-order valence-corrected chi connectivity index (χ0v) is 16.0. The van der Waals surface area contributed by atoms with Gasteiger partial charge in [-0.05, 0) is 67.6 Å². The van der Waals surface area contributed by atoms with E-state index in [4.69, 9.17) is 14.2 Å². The quantitative estimate of drug-likeness (QED) is 0.565. The minimum atomic E-state index is -0.574. The largest absolute Gasteiger partial charge is 0.494 e. The predicted octanol–water partition coefficient (Wildman–Crippen LogP) is 4.67. The molecular formula is C23H21NO5. The van der Waals surface area contributed by atoms with Crippen molar-refractivity contribution in [2.45, 2.75) is 6.92 Å². The molecule has 0 radical (unpaired) electrons. The van der Waals surface area contributed by atoms with E-state index in [9.17, 15) is 9.59 Å². The van der Waals surface area contributed by atoms with Crippen molar-refractivity contribution in [1.82, 2.24) is 0 Å². The number of hydrogen-bond acceptors (Lipinski definition) is 5. The number of carbonyl (C=O) groups excluding carboxylic acids is 2. The summed E-state index contributed by atoms with van der Waals surface area (Å²) in [6.07, 6.45) is 0. The van der Waals surface area contributed by atoms with E-state index in [0.29, 0.717) is 29.4 Å². The number of carbonyl (C=O) groups is 2. The molecule has 0 heterocycles. The number of amides is 1. The van der Waals surface area contributed by atoms with Crippen LogP contribution in [0, 0.1) is 0 Å². The minimum absolute atomic E-state index is 0.351. The van der Waals surface area contributed by atoms with Crippen LogP contribution in [0.25, 0.3) is 0 Å². The van der Waals surface area contributed by atoms with Gasteiger partial charge in [0.25, 0.3) is 5.91 Å². The Labute approximate surface area is 169 Å². The fraction of sp³-hybridized carbons (Fsp3) is 0.130. The van der Waals surface area contributed by atoms with E-state index in [1.165, 1.54) is 0 Å². The van der Waals surface area contributed by atoms with Crippen LogP contribution in [0.1, 0.15) is 17.3 Å². The van der Waals surface area contributed by atoms with Crippen molar-refractivity contribution in [2.75, 3.05) is 18.5 Å². The Balaban J connectivity index is 1.47. The van der Waals surface area contributed by atoms with E-state index >= 15 is 0 Å².